The summed E-state index contributed by atoms with van der Waals surface area (Å²) in [5, 5.41) is 5.05. The van der Waals surface area contributed by atoms with Crippen molar-refractivity contribution in [3.05, 3.63) is 59.9 Å². The Morgan fingerprint density at radius 1 is 1.07 bits per heavy atom. The van der Waals surface area contributed by atoms with Crippen molar-refractivity contribution in [1.29, 1.82) is 0 Å². The number of primary sulfonamides is 1. The van der Waals surface area contributed by atoms with Crippen LogP contribution in [0.4, 0.5) is 10.1 Å². The van der Waals surface area contributed by atoms with Gasteiger partial charge in [-0.15, -0.1) is 0 Å². The number of Topliss-reactive ketones (excluding diaryl/α,β-unsaturated/α-hetero) is 2. The molecule has 1 fully saturated rings. The molecule has 2 atom stereocenters. The second kappa shape index (κ2) is 6.67. The summed E-state index contributed by atoms with van der Waals surface area (Å²) >= 11 is 0. The maximum atomic E-state index is 14.4. The summed E-state index contributed by atoms with van der Waals surface area (Å²) in [7, 11) is -3.95. The number of anilines is 1. The third-order valence-electron chi connectivity index (χ3n) is 4.41. The van der Waals surface area contributed by atoms with E-state index in [1.54, 1.807) is 0 Å². The molecule has 0 bridgehead atoms. The maximum absolute atomic E-state index is 14.4. The summed E-state index contributed by atoms with van der Waals surface area (Å²) in [5.41, 5.74) is 0.171. The lowest BCUT2D eigenvalue weighted by atomic mass is 9.89. The van der Waals surface area contributed by atoms with E-state index < -0.39 is 45.3 Å². The Balaban J connectivity index is 2.16. The van der Waals surface area contributed by atoms with Crippen molar-refractivity contribution in [2.75, 3.05) is 4.90 Å². The molecular weight excluding hydrogens is 375 g/mol. The molecule has 1 saturated heterocycles. The molecule has 0 aliphatic carbocycles. The molecule has 1 heterocycles. The highest BCUT2D eigenvalue weighted by atomic mass is 32.2. The standard InChI is InChI=1S/C18H15FN2O5S/c1-10(22)15-16(13-4-2-3-5-14(13)19)21(18(24)17(15)23)11-6-8-12(9-7-11)27(20,25)26/h2-9,15-16H,1H3,(H2,20,25,26). The zero-order valence-electron chi connectivity index (χ0n) is 14.1. The first-order valence-corrected chi connectivity index (χ1v) is 9.42. The molecule has 2 unspecified atom stereocenters. The van der Waals surface area contributed by atoms with Gasteiger partial charge in [0.2, 0.25) is 15.8 Å². The van der Waals surface area contributed by atoms with E-state index >= 15 is 0 Å². The predicted octanol–water partition coefficient (Wildman–Crippen LogP) is 1.34. The molecule has 3 rings (SSSR count). The number of nitrogens with zero attached hydrogens (tertiary/aromatic N) is 1. The molecule has 7 nitrogen and oxygen atoms in total. The van der Waals surface area contributed by atoms with Crippen molar-refractivity contribution < 1.29 is 27.2 Å². The molecule has 0 radical (unpaired) electrons. The first-order chi connectivity index (χ1) is 12.6. The minimum atomic E-state index is -3.95. The van der Waals surface area contributed by atoms with Crippen LogP contribution in [0.5, 0.6) is 0 Å². The Kier molecular flexibility index (Phi) is 4.66. The van der Waals surface area contributed by atoms with Gasteiger partial charge in [0.25, 0.3) is 5.91 Å². The van der Waals surface area contributed by atoms with Crippen LogP contribution >= 0.6 is 0 Å². The number of ketones is 2. The number of rotatable bonds is 4. The first kappa shape index (κ1) is 18.9. The van der Waals surface area contributed by atoms with E-state index in [1.807, 2.05) is 0 Å². The van der Waals surface area contributed by atoms with E-state index in [1.165, 1.54) is 48.5 Å². The van der Waals surface area contributed by atoms with Crippen LogP contribution in [0.1, 0.15) is 18.5 Å². The van der Waals surface area contributed by atoms with E-state index in [4.69, 9.17) is 5.14 Å². The molecule has 27 heavy (non-hydrogen) atoms. The molecule has 0 saturated carbocycles. The lowest BCUT2D eigenvalue weighted by Gasteiger charge is -2.27. The summed E-state index contributed by atoms with van der Waals surface area (Å²) in [6.07, 6.45) is 0. The van der Waals surface area contributed by atoms with Crippen LogP contribution in [0.2, 0.25) is 0 Å². The van der Waals surface area contributed by atoms with Crippen LogP contribution in [0.25, 0.3) is 0 Å². The molecule has 0 spiro atoms. The number of halogens is 1. The van der Waals surface area contributed by atoms with Gasteiger partial charge >= 0.3 is 0 Å². The van der Waals surface area contributed by atoms with Gasteiger partial charge in [0.15, 0.2) is 0 Å². The Hall–Kier alpha value is -2.91. The molecule has 2 N–H and O–H groups in total. The molecule has 2 aromatic carbocycles. The van der Waals surface area contributed by atoms with E-state index in [0.29, 0.717) is 0 Å². The Morgan fingerprint density at radius 2 is 1.67 bits per heavy atom. The van der Waals surface area contributed by atoms with E-state index in [2.05, 4.69) is 0 Å². The molecule has 2 aromatic rings. The third-order valence-corrected chi connectivity index (χ3v) is 5.34. The molecule has 1 aliphatic heterocycles. The van der Waals surface area contributed by atoms with Crippen molar-refractivity contribution >= 4 is 33.2 Å². The highest BCUT2D eigenvalue weighted by Gasteiger charge is 2.51. The number of hydrogen-bond acceptors (Lipinski definition) is 5. The van der Waals surface area contributed by atoms with Crippen LogP contribution in [-0.2, 0) is 24.4 Å². The Labute approximate surface area is 154 Å². The Morgan fingerprint density at radius 3 is 2.19 bits per heavy atom. The second-order valence-corrected chi connectivity index (χ2v) is 7.69. The van der Waals surface area contributed by atoms with E-state index in [-0.39, 0.29) is 16.1 Å². The average Bonchev–Trinajstić information content (AvgIpc) is 2.86. The van der Waals surface area contributed by atoms with Crippen LogP contribution in [0.3, 0.4) is 0 Å². The molecule has 1 aliphatic rings. The SMILES string of the molecule is CC(=O)C1C(=O)C(=O)N(c2ccc(S(N)(=O)=O)cc2)C1c1ccccc1F. The average molecular weight is 390 g/mol. The Bertz CT molecular complexity index is 1050. The van der Waals surface area contributed by atoms with Crippen LogP contribution < -0.4 is 10.0 Å². The fourth-order valence-corrected chi connectivity index (χ4v) is 3.70. The zero-order valence-corrected chi connectivity index (χ0v) is 14.9. The fraction of sp³-hybridized carbons (Fsp3) is 0.167. The van der Waals surface area contributed by atoms with Gasteiger partial charge in [0.05, 0.1) is 10.9 Å². The van der Waals surface area contributed by atoms with Gasteiger partial charge in [0.1, 0.15) is 17.5 Å². The monoisotopic (exact) mass is 390 g/mol. The minimum Gasteiger partial charge on any atom is -0.299 e. The maximum Gasteiger partial charge on any atom is 0.295 e. The summed E-state index contributed by atoms with van der Waals surface area (Å²) < 4.78 is 37.2. The van der Waals surface area contributed by atoms with Crippen molar-refractivity contribution in [2.45, 2.75) is 17.9 Å². The van der Waals surface area contributed by atoms with Gasteiger partial charge in [-0.3, -0.25) is 19.3 Å². The smallest absolute Gasteiger partial charge is 0.295 e. The number of carbonyl (C=O) groups is 3. The number of benzene rings is 2. The van der Waals surface area contributed by atoms with Gasteiger partial charge in [0, 0.05) is 11.3 Å². The summed E-state index contributed by atoms with van der Waals surface area (Å²) in [4.78, 5) is 37.8. The molecule has 140 valence electrons. The largest absolute Gasteiger partial charge is 0.299 e. The predicted molar refractivity (Wildman–Crippen MR) is 93.6 cm³/mol. The van der Waals surface area contributed by atoms with Gasteiger partial charge in [-0.05, 0) is 37.3 Å². The van der Waals surface area contributed by atoms with Crippen LogP contribution in [-0.4, -0.2) is 25.9 Å². The number of nitrogens with two attached hydrogens (primary N) is 1. The lowest BCUT2D eigenvalue weighted by Crippen LogP contribution is -2.30. The summed E-state index contributed by atoms with van der Waals surface area (Å²) in [6, 6.07) is 9.28. The number of sulfonamides is 1. The van der Waals surface area contributed by atoms with Crippen molar-refractivity contribution in [3.63, 3.8) is 0 Å². The van der Waals surface area contributed by atoms with E-state index in [0.717, 1.165) is 11.8 Å². The zero-order chi connectivity index (χ0) is 19.9. The lowest BCUT2D eigenvalue weighted by molar-refractivity contribution is -0.138. The van der Waals surface area contributed by atoms with Gasteiger partial charge in [-0.25, -0.2) is 17.9 Å². The third kappa shape index (κ3) is 3.26. The molecular formula is C18H15FN2O5S. The van der Waals surface area contributed by atoms with Gasteiger partial charge in [-0.2, -0.15) is 0 Å². The highest BCUT2D eigenvalue weighted by Crippen LogP contribution is 2.41. The summed E-state index contributed by atoms with van der Waals surface area (Å²) in [5.74, 6) is -4.49. The van der Waals surface area contributed by atoms with E-state index in [9.17, 15) is 27.2 Å². The van der Waals surface area contributed by atoms with Crippen LogP contribution in [0.15, 0.2) is 53.4 Å². The number of amides is 1. The molecule has 9 heteroatoms. The molecule has 1 amide bonds. The normalized spacial score (nSPS) is 20.2. The van der Waals surface area contributed by atoms with Gasteiger partial charge in [-0.1, -0.05) is 18.2 Å². The quantitative estimate of drug-likeness (QED) is 0.625. The van der Waals surface area contributed by atoms with Crippen molar-refractivity contribution in [2.24, 2.45) is 11.1 Å². The number of hydrogen-bond donors (Lipinski definition) is 1. The van der Waals surface area contributed by atoms with Gasteiger partial charge < -0.3 is 0 Å². The number of carbonyl (C=O) groups excluding carboxylic acids is 3. The summed E-state index contributed by atoms with van der Waals surface area (Å²) in [6.45, 7) is 1.16. The topological polar surface area (TPSA) is 115 Å². The fourth-order valence-electron chi connectivity index (χ4n) is 3.19. The first-order valence-electron chi connectivity index (χ1n) is 7.88. The second-order valence-electron chi connectivity index (χ2n) is 6.13. The minimum absolute atomic E-state index is 0.0208. The van der Waals surface area contributed by atoms with Crippen molar-refractivity contribution in [3.8, 4) is 0 Å². The highest BCUT2D eigenvalue weighted by molar-refractivity contribution is 7.89. The molecule has 0 aromatic heterocycles. The van der Waals surface area contributed by atoms with Crippen LogP contribution in [0, 0.1) is 11.7 Å². The van der Waals surface area contributed by atoms with Crippen molar-refractivity contribution in [1.82, 2.24) is 0 Å².